The molecule has 1 heterocycles. The van der Waals surface area contributed by atoms with Crippen molar-refractivity contribution in [2.45, 2.75) is 39.1 Å². The number of rotatable bonds is 3. The Morgan fingerprint density at radius 3 is 2.38 bits per heavy atom. The van der Waals surface area contributed by atoms with Crippen LogP contribution in [0.4, 0.5) is 0 Å². The van der Waals surface area contributed by atoms with Gasteiger partial charge in [-0.3, -0.25) is 4.68 Å². The summed E-state index contributed by atoms with van der Waals surface area (Å²) in [7, 11) is 0. The molecule has 1 rings (SSSR count). The fourth-order valence-electron chi connectivity index (χ4n) is 1.32. The summed E-state index contributed by atoms with van der Waals surface area (Å²) in [5.41, 5.74) is 1.12. The van der Waals surface area contributed by atoms with Crippen LogP contribution in [-0.2, 0) is 0 Å². The zero-order chi connectivity index (χ0) is 10.0. The molecular weight excluding hydrogens is 184 g/mol. The first kappa shape index (κ1) is 10.6. The molecule has 0 amide bonds. The van der Waals surface area contributed by atoms with E-state index in [1.807, 2.05) is 16.9 Å². The van der Waals surface area contributed by atoms with Crippen LogP contribution in [0, 0.1) is 5.92 Å². The summed E-state index contributed by atoms with van der Waals surface area (Å²) in [5.74, 6) is 0.441. The van der Waals surface area contributed by atoms with Crippen LogP contribution in [0.2, 0.25) is 0 Å². The zero-order valence-electron chi connectivity index (χ0n) is 8.66. The highest BCUT2D eigenvalue weighted by Gasteiger charge is 2.17. The van der Waals surface area contributed by atoms with Gasteiger partial charge < -0.3 is 0 Å². The van der Waals surface area contributed by atoms with Gasteiger partial charge in [-0.15, -0.1) is 11.6 Å². The first-order valence-electron chi connectivity index (χ1n) is 4.71. The lowest BCUT2D eigenvalue weighted by Gasteiger charge is -2.17. The molecule has 1 aromatic rings. The van der Waals surface area contributed by atoms with Crippen LogP contribution in [0.3, 0.4) is 0 Å². The van der Waals surface area contributed by atoms with Crippen molar-refractivity contribution in [3.05, 3.63) is 18.0 Å². The van der Waals surface area contributed by atoms with Gasteiger partial charge in [0.05, 0.1) is 11.1 Å². The van der Waals surface area contributed by atoms with Crippen LogP contribution in [0.1, 0.15) is 44.8 Å². The highest BCUT2D eigenvalue weighted by atomic mass is 35.5. The van der Waals surface area contributed by atoms with Crippen LogP contribution < -0.4 is 0 Å². The maximum absolute atomic E-state index is 6.27. The van der Waals surface area contributed by atoms with E-state index in [0.29, 0.717) is 12.0 Å². The molecule has 0 fully saturated rings. The fourth-order valence-corrected chi connectivity index (χ4v) is 1.49. The van der Waals surface area contributed by atoms with Crippen molar-refractivity contribution in [2.75, 3.05) is 0 Å². The average Bonchev–Trinajstić information content (AvgIpc) is 2.50. The topological polar surface area (TPSA) is 17.8 Å². The number of halogens is 1. The maximum atomic E-state index is 6.27. The number of nitrogens with zero attached hydrogens (tertiary/aromatic N) is 2. The second kappa shape index (κ2) is 4.14. The van der Waals surface area contributed by atoms with Crippen molar-refractivity contribution < 1.29 is 0 Å². The molecule has 0 radical (unpaired) electrons. The van der Waals surface area contributed by atoms with Gasteiger partial charge in [-0.05, 0) is 25.8 Å². The molecule has 0 saturated heterocycles. The molecule has 0 aliphatic rings. The molecule has 0 aromatic carbocycles. The highest BCUT2D eigenvalue weighted by molar-refractivity contribution is 6.20. The van der Waals surface area contributed by atoms with E-state index in [1.165, 1.54) is 0 Å². The first-order valence-corrected chi connectivity index (χ1v) is 5.15. The van der Waals surface area contributed by atoms with Gasteiger partial charge in [0.15, 0.2) is 0 Å². The van der Waals surface area contributed by atoms with E-state index in [2.05, 4.69) is 32.8 Å². The largest absolute Gasteiger partial charge is 0.266 e. The Balaban J connectivity index is 2.93. The van der Waals surface area contributed by atoms with E-state index < -0.39 is 0 Å². The van der Waals surface area contributed by atoms with E-state index in [4.69, 9.17) is 11.6 Å². The van der Waals surface area contributed by atoms with Crippen molar-refractivity contribution in [2.24, 2.45) is 5.92 Å². The standard InChI is InChI=1S/C10H17ClN2/c1-7(2)10(11)9-5-6-12-13(9)8(3)4/h5-8,10H,1-4H3. The lowest BCUT2D eigenvalue weighted by atomic mass is 10.1. The third kappa shape index (κ3) is 2.25. The Hall–Kier alpha value is -0.500. The number of aromatic nitrogens is 2. The predicted octanol–water partition coefficient (Wildman–Crippen LogP) is 3.40. The lowest BCUT2D eigenvalue weighted by Crippen LogP contribution is -2.11. The summed E-state index contributed by atoms with van der Waals surface area (Å²) in [4.78, 5) is 0. The molecule has 74 valence electrons. The third-order valence-corrected chi connectivity index (χ3v) is 2.79. The maximum Gasteiger partial charge on any atom is 0.0777 e. The summed E-state index contributed by atoms with van der Waals surface area (Å²) < 4.78 is 1.98. The van der Waals surface area contributed by atoms with Crippen LogP contribution in [0.5, 0.6) is 0 Å². The molecule has 0 bridgehead atoms. The monoisotopic (exact) mass is 200 g/mol. The number of alkyl halides is 1. The van der Waals surface area contributed by atoms with Crippen LogP contribution in [-0.4, -0.2) is 9.78 Å². The second-order valence-electron chi connectivity index (χ2n) is 3.94. The zero-order valence-corrected chi connectivity index (χ0v) is 9.42. The van der Waals surface area contributed by atoms with Crippen LogP contribution in [0.15, 0.2) is 12.3 Å². The molecule has 1 atom stereocenters. The molecular formula is C10H17ClN2. The smallest absolute Gasteiger partial charge is 0.0777 e. The Kier molecular flexibility index (Phi) is 3.37. The molecule has 13 heavy (non-hydrogen) atoms. The second-order valence-corrected chi connectivity index (χ2v) is 4.41. The molecule has 1 unspecified atom stereocenters. The van der Waals surface area contributed by atoms with Gasteiger partial charge >= 0.3 is 0 Å². The van der Waals surface area contributed by atoms with Crippen LogP contribution >= 0.6 is 11.6 Å². The quantitative estimate of drug-likeness (QED) is 0.684. The Morgan fingerprint density at radius 1 is 1.31 bits per heavy atom. The minimum absolute atomic E-state index is 0.0601. The summed E-state index contributed by atoms with van der Waals surface area (Å²) in [5, 5.41) is 4.31. The summed E-state index contributed by atoms with van der Waals surface area (Å²) >= 11 is 6.27. The normalized spacial score (nSPS) is 14.1. The van der Waals surface area contributed by atoms with Crippen molar-refractivity contribution in [3.63, 3.8) is 0 Å². The van der Waals surface area contributed by atoms with E-state index in [9.17, 15) is 0 Å². The third-order valence-electron chi connectivity index (χ3n) is 2.06. The lowest BCUT2D eigenvalue weighted by molar-refractivity contribution is 0.482. The Labute approximate surface area is 84.9 Å². The minimum atomic E-state index is 0.0601. The fraction of sp³-hybridized carbons (Fsp3) is 0.700. The number of hydrogen-bond acceptors (Lipinski definition) is 1. The van der Waals surface area contributed by atoms with Gasteiger partial charge in [-0.2, -0.15) is 5.10 Å². The molecule has 0 saturated carbocycles. The summed E-state index contributed by atoms with van der Waals surface area (Å²) in [6.45, 7) is 8.46. The Bertz CT molecular complexity index is 266. The van der Waals surface area contributed by atoms with Crippen molar-refractivity contribution in [1.29, 1.82) is 0 Å². The Morgan fingerprint density at radius 2 is 1.92 bits per heavy atom. The summed E-state index contributed by atoms with van der Waals surface area (Å²) in [6.07, 6.45) is 1.81. The molecule has 0 spiro atoms. The van der Waals surface area contributed by atoms with Gasteiger partial charge in [-0.1, -0.05) is 13.8 Å². The highest BCUT2D eigenvalue weighted by Crippen LogP contribution is 2.29. The van der Waals surface area contributed by atoms with Gasteiger partial charge in [0.25, 0.3) is 0 Å². The summed E-state index contributed by atoms with van der Waals surface area (Å²) in [6, 6.07) is 2.38. The molecule has 0 aliphatic heterocycles. The van der Waals surface area contributed by atoms with Crippen LogP contribution in [0.25, 0.3) is 0 Å². The number of hydrogen-bond donors (Lipinski definition) is 0. The van der Waals surface area contributed by atoms with E-state index in [-0.39, 0.29) is 5.38 Å². The van der Waals surface area contributed by atoms with E-state index >= 15 is 0 Å². The molecule has 3 heteroatoms. The van der Waals surface area contributed by atoms with E-state index in [1.54, 1.807) is 0 Å². The molecule has 1 aromatic heterocycles. The minimum Gasteiger partial charge on any atom is -0.266 e. The van der Waals surface area contributed by atoms with Gasteiger partial charge in [0, 0.05) is 12.2 Å². The first-order chi connectivity index (χ1) is 6.04. The van der Waals surface area contributed by atoms with Crippen molar-refractivity contribution in [3.8, 4) is 0 Å². The van der Waals surface area contributed by atoms with Gasteiger partial charge in [-0.25, -0.2) is 0 Å². The van der Waals surface area contributed by atoms with Gasteiger partial charge in [0.2, 0.25) is 0 Å². The molecule has 2 nitrogen and oxygen atoms in total. The molecule has 0 N–H and O–H groups in total. The van der Waals surface area contributed by atoms with Crippen molar-refractivity contribution in [1.82, 2.24) is 9.78 Å². The SMILES string of the molecule is CC(C)C(Cl)c1ccnn1C(C)C. The van der Waals surface area contributed by atoms with Crippen molar-refractivity contribution >= 4 is 11.6 Å². The molecule has 0 aliphatic carbocycles. The van der Waals surface area contributed by atoms with Gasteiger partial charge in [0.1, 0.15) is 0 Å². The van der Waals surface area contributed by atoms with E-state index in [0.717, 1.165) is 5.69 Å². The predicted molar refractivity (Wildman–Crippen MR) is 56.0 cm³/mol. The average molecular weight is 201 g/mol.